The molecule has 2 rings (SSSR count). The molecule has 1 aliphatic rings. The lowest BCUT2D eigenvalue weighted by molar-refractivity contribution is 0.156. The number of carbonyl (C=O) groups excluding carboxylic acids is 1. The van der Waals surface area contributed by atoms with Gasteiger partial charge in [-0.25, -0.2) is 4.79 Å². The monoisotopic (exact) mass is 276 g/mol. The van der Waals surface area contributed by atoms with Crippen LogP contribution in [0, 0.1) is 11.8 Å². The van der Waals surface area contributed by atoms with Gasteiger partial charge in [-0.1, -0.05) is 13.8 Å². The number of hydrogen-bond acceptors (Lipinski definition) is 2. The molecule has 1 aromatic rings. The Morgan fingerprint density at radius 3 is 2.40 bits per heavy atom. The predicted molar refractivity (Wildman–Crippen MR) is 81.1 cm³/mol. The average molecular weight is 276 g/mol. The SMILES string of the molecule is CCOc1ccc(NC(=O)N2C[C@@H](C)C[C@H](C)C2)cc1. The van der Waals surface area contributed by atoms with Crippen molar-refractivity contribution in [2.75, 3.05) is 25.0 Å². The van der Waals surface area contributed by atoms with E-state index in [2.05, 4.69) is 19.2 Å². The van der Waals surface area contributed by atoms with Gasteiger partial charge in [-0.2, -0.15) is 0 Å². The molecule has 2 amide bonds. The van der Waals surface area contributed by atoms with Crippen LogP contribution in [0.25, 0.3) is 0 Å². The molecule has 1 fully saturated rings. The minimum atomic E-state index is -0.00689. The Balaban J connectivity index is 1.93. The summed E-state index contributed by atoms with van der Waals surface area (Å²) in [5.74, 6) is 1.97. The summed E-state index contributed by atoms with van der Waals surface area (Å²) in [7, 11) is 0. The van der Waals surface area contributed by atoms with E-state index in [9.17, 15) is 4.79 Å². The molecule has 4 nitrogen and oxygen atoms in total. The largest absolute Gasteiger partial charge is 0.494 e. The summed E-state index contributed by atoms with van der Waals surface area (Å²) in [6.07, 6.45) is 1.20. The van der Waals surface area contributed by atoms with Gasteiger partial charge in [-0.3, -0.25) is 0 Å². The van der Waals surface area contributed by atoms with E-state index in [-0.39, 0.29) is 6.03 Å². The highest BCUT2D eigenvalue weighted by molar-refractivity contribution is 5.89. The van der Waals surface area contributed by atoms with Crippen molar-refractivity contribution >= 4 is 11.7 Å². The highest BCUT2D eigenvalue weighted by Crippen LogP contribution is 2.22. The third-order valence-electron chi connectivity index (χ3n) is 3.57. The van der Waals surface area contributed by atoms with Gasteiger partial charge < -0.3 is 15.0 Å². The Morgan fingerprint density at radius 2 is 1.85 bits per heavy atom. The first-order valence-corrected chi connectivity index (χ1v) is 7.37. The number of nitrogens with zero attached hydrogens (tertiary/aromatic N) is 1. The summed E-state index contributed by atoms with van der Waals surface area (Å²) < 4.78 is 5.39. The van der Waals surface area contributed by atoms with Crippen LogP contribution >= 0.6 is 0 Å². The van der Waals surface area contributed by atoms with E-state index in [1.165, 1.54) is 6.42 Å². The van der Waals surface area contributed by atoms with E-state index in [0.29, 0.717) is 18.4 Å². The molecule has 110 valence electrons. The molecule has 0 saturated carbocycles. The van der Waals surface area contributed by atoms with Crippen LogP contribution in [0.4, 0.5) is 10.5 Å². The number of anilines is 1. The molecule has 0 aromatic heterocycles. The first-order chi connectivity index (χ1) is 9.58. The number of hydrogen-bond donors (Lipinski definition) is 1. The number of likely N-dealkylation sites (tertiary alicyclic amines) is 1. The second-order valence-corrected chi connectivity index (χ2v) is 5.74. The van der Waals surface area contributed by atoms with E-state index >= 15 is 0 Å². The Kier molecular flexibility index (Phi) is 4.88. The number of benzene rings is 1. The van der Waals surface area contributed by atoms with E-state index in [1.807, 2.05) is 36.1 Å². The fourth-order valence-corrected chi connectivity index (χ4v) is 2.83. The van der Waals surface area contributed by atoms with Crippen LogP contribution in [0.5, 0.6) is 5.75 Å². The Hall–Kier alpha value is -1.71. The van der Waals surface area contributed by atoms with Gasteiger partial charge in [-0.15, -0.1) is 0 Å². The van der Waals surface area contributed by atoms with Crippen molar-refractivity contribution in [3.8, 4) is 5.75 Å². The van der Waals surface area contributed by atoms with Gasteiger partial charge in [-0.05, 0) is 49.4 Å². The highest BCUT2D eigenvalue weighted by Gasteiger charge is 2.25. The molecule has 0 radical (unpaired) electrons. The maximum atomic E-state index is 12.3. The second kappa shape index (κ2) is 6.64. The van der Waals surface area contributed by atoms with Crippen LogP contribution in [-0.4, -0.2) is 30.6 Å². The Labute approximate surface area is 121 Å². The van der Waals surface area contributed by atoms with Gasteiger partial charge >= 0.3 is 6.03 Å². The van der Waals surface area contributed by atoms with Crippen molar-refractivity contribution in [3.63, 3.8) is 0 Å². The van der Waals surface area contributed by atoms with E-state index in [1.54, 1.807) is 0 Å². The first kappa shape index (κ1) is 14.7. The third-order valence-corrected chi connectivity index (χ3v) is 3.57. The van der Waals surface area contributed by atoms with Crippen molar-refractivity contribution in [3.05, 3.63) is 24.3 Å². The second-order valence-electron chi connectivity index (χ2n) is 5.74. The summed E-state index contributed by atoms with van der Waals surface area (Å²) >= 11 is 0. The van der Waals surface area contributed by atoms with Crippen molar-refractivity contribution in [2.45, 2.75) is 27.2 Å². The zero-order valence-electron chi connectivity index (χ0n) is 12.6. The minimum absolute atomic E-state index is 0.00689. The zero-order chi connectivity index (χ0) is 14.5. The van der Waals surface area contributed by atoms with Gasteiger partial charge in [0.05, 0.1) is 6.61 Å². The number of nitrogens with one attached hydrogen (secondary N) is 1. The molecule has 1 N–H and O–H groups in total. The lowest BCUT2D eigenvalue weighted by Crippen LogP contribution is -2.44. The summed E-state index contributed by atoms with van der Waals surface area (Å²) in [5.41, 5.74) is 0.810. The van der Waals surface area contributed by atoms with Crippen LogP contribution in [0.3, 0.4) is 0 Å². The summed E-state index contributed by atoms with van der Waals surface area (Å²) in [6.45, 7) is 8.68. The smallest absolute Gasteiger partial charge is 0.321 e. The molecule has 1 heterocycles. The van der Waals surface area contributed by atoms with Gasteiger partial charge in [0.15, 0.2) is 0 Å². The van der Waals surface area contributed by atoms with Crippen LogP contribution in [0.1, 0.15) is 27.2 Å². The lowest BCUT2D eigenvalue weighted by Gasteiger charge is -2.34. The van der Waals surface area contributed by atoms with Crippen LogP contribution in [-0.2, 0) is 0 Å². The third kappa shape index (κ3) is 3.89. The molecule has 0 unspecified atom stereocenters. The number of carbonyl (C=O) groups is 1. The van der Waals surface area contributed by atoms with E-state index in [4.69, 9.17) is 4.74 Å². The molecule has 4 heteroatoms. The number of rotatable bonds is 3. The van der Waals surface area contributed by atoms with Gasteiger partial charge in [0.1, 0.15) is 5.75 Å². The number of ether oxygens (including phenoxy) is 1. The molecular weight excluding hydrogens is 252 g/mol. The van der Waals surface area contributed by atoms with Gasteiger partial charge in [0.2, 0.25) is 0 Å². The summed E-state index contributed by atoms with van der Waals surface area (Å²) in [6, 6.07) is 7.49. The van der Waals surface area contributed by atoms with Crippen molar-refractivity contribution in [2.24, 2.45) is 11.8 Å². The maximum Gasteiger partial charge on any atom is 0.321 e. The Bertz CT molecular complexity index is 434. The fraction of sp³-hybridized carbons (Fsp3) is 0.562. The van der Waals surface area contributed by atoms with Gasteiger partial charge in [0.25, 0.3) is 0 Å². The summed E-state index contributed by atoms with van der Waals surface area (Å²) in [5, 5.41) is 2.95. The minimum Gasteiger partial charge on any atom is -0.494 e. The predicted octanol–water partition coefficient (Wildman–Crippen LogP) is 3.60. The van der Waals surface area contributed by atoms with Crippen LogP contribution < -0.4 is 10.1 Å². The lowest BCUT2D eigenvalue weighted by atomic mass is 9.92. The van der Waals surface area contributed by atoms with Crippen molar-refractivity contribution in [1.82, 2.24) is 4.90 Å². The molecule has 1 aliphatic heterocycles. The molecular formula is C16H24N2O2. The number of urea groups is 1. The highest BCUT2D eigenvalue weighted by atomic mass is 16.5. The fourth-order valence-electron chi connectivity index (χ4n) is 2.83. The number of amides is 2. The number of piperidine rings is 1. The molecule has 1 aromatic carbocycles. The zero-order valence-corrected chi connectivity index (χ0v) is 12.6. The van der Waals surface area contributed by atoms with E-state index < -0.39 is 0 Å². The molecule has 2 atom stereocenters. The topological polar surface area (TPSA) is 41.6 Å². The quantitative estimate of drug-likeness (QED) is 0.916. The maximum absolute atomic E-state index is 12.3. The van der Waals surface area contributed by atoms with Crippen molar-refractivity contribution < 1.29 is 9.53 Å². The standard InChI is InChI=1S/C16H24N2O2/c1-4-20-15-7-5-14(6-8-15)17-16(19)18-10-12(2)9-13(3)11-18/h5-8,12-13H,4,9-11H2,1-3H3,(H,17,19)/t12-,13-/m0/s1. The molecule has 0 bridgehead atoms. The molecule has 20 heavy (non-hydrogen) atoms. The Morgan fingerprint density at radius 1 is 1.25 bits per heavy atom. The molecule has 1 saturated heterocycles. The average Bonchev–Trinajstić information content (AvgIpc) is 2.40. The molecule has 0 aliphatic carbocycles. The molecule has 0 spiro atoms. The van der Waals surface area contributed by atoms with Gasteiger partial charge in [0, 0.05) is 18.8 Å². The van der Waals surface area contributed by atoms with Crippen molar-refractivity contribution in [1.29, 1.82) is 0 Å². The normalized spacial score (nSPS) is 22.4. The first-order valence-electron chi connectivity index (χ1n) is 7.37. The summed E-state index contributed by atoms with van der Waals surface area (Å²) in [4.78, 5) is 14.2. The van der Waals surface area contributed by atoms with E-state index in [0.717, 1.165) is 24.5 Å². The van der Waals surface area contributed by atoms with Crippen LogP contribution in [0.15, 0.2) is 24.3 Å². The van der Waals surface area contributed by atoms with Crippen LogP contribution in [0.2, 0.25) is 0 Å².